The summed E-state index contributed by atoms with van der Waals surface area (Å²) in [6.45, 7) is 9.15. The first-order chi connectivity index (χ1) is 9.10. The van der Waals surface area contributed by atoms with Crippen LogP contribution >= 0.6 is 0 Å². The van der Waals surface area contributed by atoms with Gasteiger partial charge in [-0.1, -0.05) is 39.0 Å². The molecule has 0 saturated carbocycles. The molecule has 2 unspecified atom stereocenters. The van der Waals surface area contributed by atoms with Gasteiger partial charge in [-0.3, -0.25) is 0 Å². The molecule has 1 aromatic rings. The summed E-state index contributed by atoms with van der Waals surface area (Å²) in [5.74, 6) is -0.297. The Labute approximate surface area is 116 Å². The molecule has 0 aliphatic heterocycles. The maximum absolute atomic E-state index is 13.7. The number of rotatable bonds is 8. The number of benzene rings is 1. The van der Waals surface area contributed by atoms with E-state index >= 15 is 0 Å². The molecule has 19 heavy (non-hydrogen) atoms. The van der Waals surface area contributed by atoms with E-state index in [1.165, 1.54) is 6.07 Å². The van der Waals surface area contributed by atoms with Gasteiger partial charge in [-0.2, -0.15) is 0 Å². The van der Waals surface area contributed by atoms with Crippen LogP contribution in [0.2, 0.25) is 0 Å². The molecule has 0 fully saturated rings. The second-order valence-corrected chi connectivity index (χ2v) is 5.24. The van der Waals surface area contributed by atoms with Crippen LogP contribution in [-0.4, -0.2) is 29.6 Å². The van der Waals surface area contributed by atoms with E-state index in [-0.39, 0.29) is 11.7 Å². The van der Waals surface area contributed by atoms with E-state index in [1.54, 1.807) is 18.2 Å². The monoisotopic (exact) mass is 267 g/mol. The smallest absolute Gasteiger partial charge is 0.129 e. The lowest BCUT2D eigenvalue weighted by molar-refractivity contribution is 0.0850. The Morgan fingerprint density at radius 2 is 1.74 bits per heavy atom. The Hall–Kier alpha value is -0.930. The van der Waals surface area contributed by atoms with Crippen molar-refractivity contribution in [3.8, 4) is 0 Å². The lowest BCUT2D eigenvalue weighted by Crippen LogP contribution is -2.32. The first-order valence-electron chi connectivity index (χ1n) is 7.25. The van der Waals surface area contributed by atoms with E-state index in [0.29, 0.717) is 5.56 Å². The molecular weight excluding hydrogens is 241 g/mol. The molecule has 0 saturated heterocycles. The summed E-state index contributed by atoms with van der Waals surface area (Å²) in [5.41, 5.74) is 0.406. The third-order valence-corrected chi connectivity index (χ3v) is 3.39. The number of hydrogen-bond donors (Lipinski definition) is 1. The molecule has 0 aromatic heterocycles. The van der Waals surface area contributed by atoms with Gasteiger partial charge in [0.25, 0.3) is 0 Å². The fourth-order valence-electron chi connectivity index (χ4n) is 2.46. The third kappa shape index (κ3) is 4.92. The summed E-state index contributed by atoms with van der Waals surface area (Å²) in [4.78, 5) is 2.34. The van der Waals surface area contributed by atoms with Crippen LogP contribution in [0.4, 0.5) is 4.39 Å². The topological polar surface area (TPSA) is 23.5 Å². The van der Waals surface area contributed by atoms with Gasteiger partial charge in [0.2, 0.25) is 0 Å². The number of nitrogens with zero attached hydrogens (tertiary/aromatic N) is 1. The van der Waals surface area contributed by atoms with E-state index in [4.69, 9.17) is 0 Å². The Balaban J connectivity index is 2.65. The molecular formula is C16H26FNO. The molecule has 1 rings (SSSR count). The van der Waals surface area contributed by atoms with Crippen molar-refractivity contribution in [1.29, 1.82) is 0 Å². The Morgan fingerprint density at radius 3 is 2.26 bits per heavy atom. The summed E-state index contributed by atoms with van der Waals surface area (Å²) < 4.78 is 13.7. The standard InChI is InChI=1S/C16H26FNO/c1-4-10-18(11-5-2)12-13(3)16(19)14-8-6-7-9-15(14)17/h6-9,13,16,19H,4-5,10-12H2,1-3H3. The number of halogens is 1. The third-order valence-electron chi connectivity index (χ3n) is 3.39. The van der Waals surface area contributed by atoms with Crippen molar-refractivity contribution >= 4 is 0 Å². The van der Waals surface area contributed by atoms with Crippen LogP contribution in [-0.2, 0) is 0 Å². The molecule has 0 heterocycles. The van der Waals surface area contributed by atoms with Gasteiger partial charge < -0.3 is 10.0 Å². The first kappa shape index (κ1) is 16.1. The molecule has 0 bridgehead atoms. The number of aliphatic hydroxyl groups is 1. The largest absolute Gasteiger partial charge is 0.388 e. The van der Waals surface area contributed by atoms with Gasteiger partial charge in [0.15, 0.2) is 0 Å². The van der Waals surface area contributed by atoms with Crippen molar-refractivity contribution in [1.82, 2.24) is 4.90 Å². The highest BCUT2D eigenvalue weighted by Gasteiger charge is 2.21. The molecule has 108 valence electrons. The zero-order valence-electron chi connectivity index (χ0n) is 12.3. The quantitative estimate of drug-likeness (QED) is 0.777. The van der Waals surface area contributed by atoms with E-state index in [0.717, 1.165) is 32.5 Å². The average Bonchev–Trinajstić information content (AvgIpc) is 2.39. The van der Waals surface area contributed by atoms with Gasteiger partial charge >= 0.3 is 0 Å². The molecule has 1 N–H and O–H groups in total. The maximum atomic E-state index is 13.7. The van der Waals surface area contributed by atoms with E-state index < -0.39 is 6.10 Å². The van der Waals surface area contributed by atoms with Crippen LogP contribution in [0.3, 0.4) is 0 Å². The van der Waals surface area contributed by atoms with Crippen molar-refractivity contribution in [2.45, 2.75) is 39.7 Å². The summed E-state index contributed by atoms with van der Waals surface area (Å²) in [6.07, 6.45) is 1.46. The lowest BCUT2D eigenvalue weighted by Gasteiger charge is -2.28. The minimum atomic E-state index is -0.739. The van der Waals surface area contributed by atoms with Crippen molar-refractivity contribution in [2.24, 2.45) is 5.92 Å². The van der Waals surface area contributed by atoms with Crippen molar-refractivity contribution < 1.29 is 9.50 Å². The van der Waals surface area contributed by atoms with Crippen LogP contribution < -0.4 is 0 Å². The van der Waals surface area contributed by atoms with Crippen LogP contribution in [0.15, 0.2) is 24.3 Å². The van der Waals surface area contributed by atoms with E-state index in [2.05, 4.69) is 18.7 Å². The van der Waals surface area contributed by atoms with Crippen molar-refractivity contribution in [3.63, 3.8) is 0 Å². The SMILES string of the molecule is CCCN(CCC)CC(C)C(O)c1ccccc1F. The molecule has 0 radical (unpaired) electrons. The van der Waals surface area contributed by atoms with Crippen molar-refractivity contribution in [2.75, 3.05) is 19.6 Å². The summed E-state index contributed by atoms with van der Waals surface area (Å²) in [6, 6.07) is 6.49. The van der Waals surface area contributed by atoms with Gasteiger partial charge in [0, 0.05) is 12.1 Å². The van der Waals surface area contributed by atoms with Gasteiger partial charge in [-0.25, -0.2) is 4.39 Å². The average molecular weight is 267 g/mol. The minimum absolute atomic E-state index is 0.0231. The molecule has 0 aliphatic rings. The van der Waals surface area contributed by atoms with Gasteiger partial charge in [-0.05, 0) is 37.9 Å². The maximum Gasteiger partial charge on any atom is 0.129 e. The van der Waals surface area contributed by atoms with Gasteiger partial charge in [-0.15, -0.1) is 0 Å². The molecule has 3 heteroatoms. The number of hydrogen-bond acceptors (Lipinski definition) is 2. The van der Waals surface area contributed by atoms with E-state index in [9.17, 15) is 9.50 Å². The van der Waals surface area contributed by atoms with Gasteiger partial charge in [0.1, 0.15) is 5.82 Å². The van der Waals surface area contributed by atoms with Crippen LogP contribution in [0.5, 0.6) is 0 Å². The number of aliphatic hydroxyl groups excluding tert-OH is 1. The fourth-order valence-corrected chi connectivity index (χ4v) is 2.46. The molecule has 2 atom stereocenters. The highest BCUT2D eigenvalue weighted by molar-refractivity contribution is 5.20. The predicted molar refractivity (Wildman–Crippen MR) is 77.5 cm³/mol. The second kappa shape index (κ2) is 8.28. The zero-order chi connectivity index (χ0) is 14.3. The molecule has 2 nitrogen and oxygen atoms in total. The summed E-state index contributed by atoms with van der Waals surface area (Å²) in [7, 11) is 0. The molecule has 1 aromatic carbocycles. The second-order valence-electron chi connectivity index (χ2n) is 5.24. The van der Waals surface area contributed by atoms with Crippen LogP contribution in [0.25, 0.3) is 0 Å². The zero-order valence-corrected chi connectivity index (χ0v) is 12.3. The van der Waals surface area contributed by atoms with E-state index in [1.807, 2.05) is 6.92 Å². The summed E-state index contributed by atoms with van der Waals surface area (Å²) in [5, 5.41) is 10.3. The van der Waals surface area contributed by atoms with Crippen molar-refractivity contribution in [3.05, 3.63) is 35.6 Å². The van der Waals surface area contributed by atoms with Gasteiger partial charge in [0.05, 0.1) is 6.10 Å². The predicted octanol–water partition coefficient (Wildman–Crippen LogP) is 3.62. The molecule has 0 spiro atoms. The van der Waals surface area contributed by atoms with Crippen LogP contribution in [0.1, 0.15) is 45.3 Å². The molecule has 0 amide bonds. The van der Waals surface area contributed by atoms with Crippen LogP contribution in [0, 0.1) is 11.7 Å². The first-order valence-corrected chi connectivity index (χ1v) is 7.25. The minimum Gasteiger partial charge on any atom is -0.388 e. The fraction of sp³-hybridized carbons (Fsp3) is 0.625. The Bertz CT molecular complexity index is 364. The Morgan fingerprint density at radius 1 is 1.16 bits per heavy atom. The lowest BCUT2D eigenvalue weighted by atomic mass is 9.96. The Kier molecular flexibility index (Phi) is 7.03. The molecule has 0 aliphatic carbocycles. The summed E-state index contributed by atoms with van der Waals surface area (Å²) >= 11 is 0. The normalized spacial score (nSPS) is 14.6. The highest BCUT2D eigenvalue weighted by atomic mass is 19.1. The highest BCUT2D eigenvalue weighted by Crippen LogP contribution is 2.24.